The Hall–Kier alpha value is -2.10. The van der Waals surface area contributed by atoms with E-state index in [0.29, 0.717) is 5.71 Å². The highest BCUT2D eigenvalue weighted by molar-refractivity contribution is 6.39. The van der Waals surface area contributed by atoms with E-state index in [4.69, 9.17) is 4.74 Å². The number of hydrogen-bond acceptors (Lipinski definition) is 3. The van der Waals surface area contributed by atoms with E-state index < -0.39 is 0 Å². The van der Waals surface area contributed by atoms with Gasteiger partial charge in [-0.1, -0.05) is 32.4 Å². The van der Waals surface area contributed by atoms with Crippen LogP contribution in [-0.4, -0.2) is 35.2 Å². The van der Waals surface area contributed by atoms with Crippen LogP contribution >= 0.6 is 0 Å². The van der Waals surface area contributed by atoms with Gasteiger partial charge in [-0.05, 0) is 70.2 Å². The standard InChI is InChI=1S/C24H36N2O2/c1-7-8-15-26-16-9-10-18(2)22(23(26)27)25-17-19(3)20-11-13-21(14-12-20)28-24(4,5)6/h11-14,17-18H,7-10,15-16H2,1-6H3/b19-17+,25-22?. The zero-order chi connectivity index (χ0) is 20.7. The Bertz CT molecular complexity index is 709. The van der Waals surface area contributed by atoms with Crippen LogP contribution in [0.4, 0.5) is 0 Å². The van der Waals surface area contributed by atoms with Crippen LogP contribution in [0.5, 0.6) is 5.75 Å². The van der Waals surface area contributed by atoms with Crippen LogP contribution in [0.25, 0.3) is 5.57 Å². The molecule has 0 radical (unpaired) electrons. The third-order valence-corrected chi connectivity index (χ3v) is 4.95. The molecule has 0 aliphatic carbocycles. The lowest BCUT2D eigenvalue weighted by atomic mass is 10.0. The molecule has 0 aromatic heterocycles. The molecule has 0 bridgehead atoms. The van der Waals surface area contributed by atoms with E-state index in [1.807, 2.05) is 63.1 Å². The van der Waals surface area contributed by atoms with Gasteiger partial charge >= 0.3 is 0 Å². The predicted molar refractivity (Wildman–Crippen MR) is 118 cm³/mol. The number of hydrogen-bond donors (Lipinski definition) is 0. The van der Waals surface area contributed by atoms with Gasteiger partial charge in [0.15, 0.2) is 0 Å². The maximum atomic E-state index is 12.9. The van der Waals surface area contributed by atoms with Crippen LogP contribution in [0.15, 0.2) is 35.5 Å². The molecule has 1 aliphatic rings. The number of likely N-dealkylation sites (tertiary alicyclic amines) is 1. The number of rotatable bonds is 6. The molecule has 1 aromatic rings. The highest BCUT2D eigenvalue weighted by atomic mass is 16.5. The van der Waals surface area contributed by atoms with E-state index >= 15 is 0 Å². The first-order valence-electron chi connectivity index (χ1n) is 10.5. The Morgan fingerprint density at radius 3 is 2.57 bits per heavy atom. The van der Waals surface area contributed by atoms with Crippen molar-refractivity contribution in [2.75, 3.05) is 13.1 Å². The molecule has 28 heavy (non-hydrogen) atoms. The first-order valence-corrected chi connectivity index (χ1v) is 10.5. The second kappa shape index (κ2) is 9.90. The van der Waals surface area contributed by atoms with Crippen LogP contribution in [-0.2, 0) is 4.79 Å². The fourth-order valence-electron chi connectivity index (χ4n) is 3.32. The van der Waals surface area contributed by atoms with Gasteiger partial charge in [-0.25, -0.2) is 0 Å². The molecular formula is C24H36N2O2. The molecule has 1 aliphatic heterocycles. The molecule has 4 nitrogen and oxygen atoms in total. The SMILES string of the molecule is CCCCN1CCCC(C)C(=N/C=C(\C)c2ccc(OC(C)(C)C)cc2)C1=O. The van der Waals surface area contributed by atoms with E-state index in [-0.39, 0.29) is 17.4 Å². The lowest BCUT2D eigenvalue weighted by Gasteiger charge is -2.21. The van der Waals surface area contributed by atoms with Gasteiger partial charge < -0.3 is 9.64 Å². The first-order chi connectivity index (χ1) is 13.2. The summed E-state index contributed by atoms with van der Waals surface area (Å²) in [7, 11) is 0. The summed E-state index contributed by atoms with van der Waals surface area (Å²) in [6.45, 7) is 14.1. The van der Waals surface area contributed by atoms with Crippen molar-refractivity contribution < 1.29 is 9.53 Å². The third kappa shape index (κ3) is 6.50. The zero-order valence-corrected chi connectivity index (χ0v) is 18.4. The van der Waals surface area contributed by atoms with E-state index in [9.17, 15) is 4.79 Å². The molecule has 4 heteroatoms. The first kappa shape index (κ1) is 22.2. The minimum absolute atomic E-state index is 0.108. The number of unbranched alkanes of at least 4 members (excludes halogenated alkanes) is 1. The number of allylic oxidation sites excluding steroid dienone is 1. The van der Waals surface area contributed by atoms with Gasteiger partial charge in [0.25, 0.3) is 5.91 Å². The lowest BCUT2D eigenvalue weighted by molar-refractivity contribution is -0.124. The maximum Gasteiger partial charge on any atom is 0.268 e. The minimum Gasteiger partial charge on any atom is -0.488 e. The van der Waals surface area contributed by atoms with Crippen molar-refractivity contribution in [3.63, 3.8) is 0 Å². The van der Waals surface area contributed by atoms with Gasteiger partial charge in [0.05, 0.1) is 0 Å². The Labute approximate surface area is 170 Å². The van der Waals surface area contributed by atoms with E-state index in [1.165, 1.54) is 0 Å². The highest BCUT2D eigenvalue weighted by Gasteiger charge is 2.27. The fourth-order valence-corrected chi connectivity index (χ4v) is 3.32. The van der Waals surface area contributed by atoms with Gasteiger partial charge in [0.2, 0.25) is 0 Å². The monoisotopic (exact) mass is 384 g/mol. The summed E-state index contributed by atoms with van der Waals surface area (Å²) in [5.74, 6) is 1.16. The lowest BCUT2D eigenvalue weighted by Crippen LogP contribution is -2.37. The normalized spacial score (nSPS) is 20.4. The molecular weight excluding hydrogens is 348 g/mol. The van der Waals surface area contributed by atoms with E-state index in [2.05, 4.69) is 18.8 Å². The molecule has 1 atom stereocenters. The Morgan fingerprint density at radius 1 is 1.29 bits per heavy atom. The average Bonchev–Trinajstić information content (AvgIpc) is 2.76. The molecule has 2 rings (SSSR count). The topological polar surface area (TPSA) is 41.9 Å². The molecule has 1 unspecified atom stereocenters. The Morgan fingerprint density at radius 2 is 1.96 bits per heavy atom. The summed E-state index contributed by atoms with van der Waals surface area (Å²) in [6.07, 6.45) is 6.05. The molecule has 1 heterocycles. The summed E-state index contributed by atoms with van der Waals surface area (Å²) in [5.41, 5.74) is 2.61. The largest absolute Gasteiger partial charge is 0.488 e. The Balaban J connectivity index is 2.17. The molecule has 154 valence electrons. The third-order valence-electron chi connectivity index (χ3n) is 4.95. The quantitative estimate of drug-likeness (QED) is 0.629. The van der Waals surface area contributed by atoms with Crippen molar-refractivity contribution >= 4 is 17.2 Å². The number of carbonyl (C=O) groups excluding carboxylic acids is 1. The molecule has 0 spiro atoms. The highest BCUT2D eigenvalue weighted by Crippen LogP contribution is 2.23. The van der Waals surface area contributed by atoms with E-state index in [1.54, 1.807) is 0 Å². The van der Waals surface area contributed by atoms with Crippen LogP contribution in [0.2, 0.25) is 0 Å². The van der Waals surface area contributed by atoms with Crippen molar-refractivity contribution in [2.24, 2.45) is 10.9 Å². The summed E-state index contributed by atoms with van der Waals surface area (Å²) in [6, 6.07) is 8.05. The van der Waals surface area contributed by atoms with Crippen molar-refractivity contribution in [1.29, 1.82) is 0 Å². The molecule has 0 N–H and O–H groups in total. The molecule has 1 aromatic carbocycles. The van der Waals surface area contributed by atoms with Gasteiger partial charge in [-0.15, -0.1) is 0 Å². The van der Waals surface area contributed by atoms with Crippen molar-refractivity contribution in [3.05, 3.63) is 36.0 Å². The van der Waals surface area contributed by atoms with Crippen LogP contribution < -0.4 is 4.74 Å². The van der Waals surface area contributed by atoms with Gasteiger partial charge in [-0.3, -0.25) is 9.79 Å². The van der Waals surface area contributed by atoms with Gasteiger partial charge in [0.1, 0.15) is 17.1 Å². The van der Waals surface area contributed by atoms with E-state index in [0.717, 1.165) is 55.7 Å². The molecule has 0 saturated carbocycles. The minimum atomic E-state index is -0.210. The van der Waals surface area contributed by atoms with Gasteiger partial charge in [-0.2, -0.15) is 0 Å². The number of nitrogens with zero attached hydrogens (tertiary/aromatic N) is 2. The van der Waals surface area contributed by atoms with Gasteiger partial charge in [0, 0.05) is 25.2 Å². The number of benzene rings is 1. The zero-order valence-electron chi connectivity index (χ0n) is 18.4. The maximum absolute atomic E-state index is 12.9. The summed E-state index contributed by atoms with van der Waals surface area (Å²) in [5, 5.41) is 0. The second-order valence-electron chi connectivity index (χ2n) is 8.75. The predicted octanol–water partition coefficient (Wildman–Crippen LogP) is 5.72. The molecule has 1 fully saturated rings. The summed E-state index contributed by atoms with van der Waals surface area (Å²) >= 11 is 0. The average molecular weight is 385 g/mol. The summed E-state index contributed by atoms with van der Waals surface area (Å²) in [4.78, 5) is 19.6. The summed E-state index contributed by atoms with van der Waals surface area (Å²) < 4.78 is 5.88. The fraction of sp³-hybridized carbons (Fsp3) is 0.583. The number of aliphatic imine (C=N–C) groups is 1. The van der Waals surface area contributed by atoms with Crippen LogP contribution in [0.1, 0.15) is 72.8 Å². The van der Waals surface area contributed by atoms with Crippen LogP contribution in [0, 0.1) is 5.92 Å². The molecule has 1 amide bonds. The van der Waals surface area contributed by atoms with Crippen molar-refractivity contribution in [2.45, 2.75) is 72.8 Å². The second-order valence-corrected chi connectivity index (χ2v) is 8.75. The smallest absolute Gasteiger partial charge is 0.268 e. The number of amides is 1. The number of carbonyl (C=O) groups is 1. The Kier molecular flexibility index (Phi) is 7.85. The van der Waals surface area contributed by atoms with Crippen molar-refractivity contribution in [3.8, 4) is 5.75 Å². The number of ether oxygens (including phenoxy) is 1. The van der Waals surface area contributed by atoms with Crippen LogP contribution in [0.3, 0.4) is 0 Å². The molecule has 1 saturated heterocycles. The van der Waals surface area contributed by atoms with Crippen molar-refractivity contribution in [1.82, 2.24) is 4.90 Å².